The van der Waals surface area contributed by atoms with Crippen LogP contribution in [-0.4, -0.2) is 43.4 Å². The van der Waals surface area contributed by atoms with Gasteiger partial charge in [-0.2, -0.15) is 0 Å². The Kier molecular flexibility index (Phi) is 9.59. The maximum atomic E-state index is 6.66. The van der Waals surface area contributed by atoms with Gasteiger partial charge in [-0.15, -0.1) is 0 Å². The zero-order valence-corrected chi connectivity index (χ0v) is 25.2. The Morgan fingerprint density at radius 3 is 1.60 bits per heavy atom. The van der Waals surface area contributed by atoms with Crippen LogP contribution in [0.1, 0.15) is 22.3 Å². The molecular weight excluding hydrogens is 564 g/mol. The fourth-order valence-corrected chi connectivity index (χ4v) is 6.11. The molecule has 5 aromatic rings. The van der Waals surface area contributed by atoms with Crippen molar-refractivity contribution in [3.05, 3.63) is 156 Å². The summed E-state index contributed by atoms with van der Waals surface area (Å²) >= 11 is 0. The van der Waals surface area contributed by atoms with Crippen LogP contribution in [0, 0.1) is 0 Å². The minimum absolute atomic E-state index is 0.343. The molecule has 0 spiro atoms. The van der Waals surface area contributed by atoms with E-state index in [4.69, 9.17) is 28.4 Å². The topological polar surface area (TPSA) is 55.4 Å². The lowest BCUT2D eigenvalue weighted by Crippen LogP contribution is -2.57. The molecule has 0 N–H and O–H groups in total. The second-order valence-corrected chi connectivity index (χ2v) is 11.6. The molecule has 5 aromatic carbocycles. The molecule has 45 heavy (non-hydrogen) atoms. The number of ether oxygens (including phenoxy) is 6. The fourth-order valence-electron chi connectivity index (χ4n) is 6.11. The Hall–Kier alpha value is -3.88. The van der Waals surface area contributed by atoms with E-state index in [-0.39, 0.29) is 12.2 Å². The molecule has 7 rings (SSSR count). The molecule has 0 saturated carbocycles. The average Bonchev–Trinajstić information content (AvgIpc) is 3.47. The Labute approximate surface area is 264 Å². The monoisotopic (exact) mass is 602 g/mol. The molecule has 6 atom stereocenters. The van der Waals surface area contributed by atoms with Crippen molar-refractivity contribution in [1.29, 1.82) is 0 Å². The van der Waals surface area contributed by atoms with E-state index in [0.717, 1.165) is 22.3 Å². The van der Waals surface area contributed by atoms with Crippen LogP contribution in [0.15, 0.2) is 133 Å². The Morgan fingerprint density at radius 1 is 0.444 bits per heavy atom. The lowest BCUT2D eigenvalue weighted by atomic mass is 9.97. The number of fused-ring (bicyclic) bond motifs is 3. The summed E-state index contributed by atoms with van der Waals surface area (Å²) in [5.41, 5.74) is 4.33. The van der Waals surface area contributed by atoms with Crippen molar-refractivity contribution in [2.24, 2.45) is 0 Å². The third-order valence-electron chi connectivity index (χ3n) is 8.43. The maximum absolute atomic E-state index is 6.66. The predicted molar refractivity (Wildman–Crippen MR) is 172 cm³/mol. The molecule has 2 aliphatic rings. The molecule has 0 aliphatic carbocycles. The first-order chi connectivity index (χ1) is 22.3. The van der Waals surface area contributed by atoms with Gasteiger partial charge in [-0.1, -0.05) is 127 Å². The molecule has 0 unspecified atom stereocenters. The number of hydrogen-bond donors (Lipinski definition) is 0. The average molecular weight is 603 g/mol. The van der Waals surface area contributed by atoms with Crippen LogP contribution in [-0.2, 0) is 54.8 Å². The van der Waals surface area contributed by atoms with Crippen LogP contribution in [0.25, 0.3) is 10.8 Å². The van der Waals surface area contributed by atoms with Gasteiger partial charge >= 0.3 is 0 Å². The van der Waals surface area contributed by atoms with Crippen molar-refractivity contribution < 1.29 is 28.4 Å². The third-order valence-corrected chi connectivity index (χ3v) is 8.43. The third kappa shape index (κ3) is 7.34. The first-order valence-corrected chi connectivity index (χ1v) is 15.6. The zero-order chi connectivity index (χ0) is 30.3. The molecule has 230 valence electrons. The Bertz CT molecular complexity index is 1630. The van der Waals surface area contributed by atoms with Crippen molar-refractivity contribution in [3.63, 3.8) is 0 Å². The van der Waals surface area contributed by atoms with Gasteiger partial charge in [0, 0.05) is 0 Å². The number of benzene rings is 5. The van der Waals surface area contributed by atoms with Crippen LogP contribution in [0.4, 0.5) is 0 Å². The Balaban J connectivity index is 1.11. The van der Waals surface area contributed by atoms with Crippen molar-refractivity contribution in [2.75, 3.05) is 6.61 Å². The second-order valence-electron chi connectivity index (χ2n) is 11.6. The van der Waals surface area contributed by atoms with E-state index in [1.807, 2.05) is 54.6 Å². The molecule has 2 heterocycles. The molecule has 6 heteroatoms. The zero-order valence-electron chi connectivity index (χ0n) is 25.2. The normalized spacial score (nSPS) is 24.2. The highest BCUT2D eigenvalue weighted by atomic mass is 16.8. The second kappa shape index (κ2) is 14.5. The van der Waals surface area contributed by atoms with Gasteiger partial charge in [-0.05, 0) is 39.1 Å². The van der Waals surface area contributed by atoms with Gasteiger partial charge in [0.05, 0.1) is 33.0 Å². The standard InChI is InChI=1S/C39H38O6/c1-4-12-28(13-5-1)24-41-36-35-34(27-40-23-31-20-21-32-18-10-11-19-33(32)22-31)44-39(45-35)38(43-26-30-16-8-3-9-17-30)37(36)42-25-29-14-6-2-7-15-29/h1-22,34-39H,23-27H2/t34-,35+,36-,37-,38+,39+/m1/s1. The summed E-state index contributed by atoms with van der Waals surface area (Å²) in [7, 11) is 0. The van der Waals surface area contributed by atoms with Crippen LogP contribution in [0.3, 0.4) is 0 Å². The number of hydrogen-bond acceptors (Lipinski definition) is 6. The predicted octanol–water partition coefficient (Wildman–Crippen LogP) is 7.24. The minimum atomic E-state index is -0.606. The summed E-state index contributed by atoms with van der Waals surface area (Å²) in [6.07, 6.45) is -2.70. The molecule has 6 nitrogen and oxygen atoms in total. The van der Waals surface area contributed by atoms with Gasteiger partial charge in [0.2, 0.25) is 0 Å². The highest BCUT2D eigenvalue weighted by Gasteiger charge is 2.57. The van der Waals surface area contributed by atoms with Gasteiger partial charge in [0.15, 0.2) is 6.29 Å². The van der Waals surface area contributed by atoms with Gasteiger partial charge in [-0.3, -0.25) is 0 Å². The number of rotatable bonds is 13. The highest BCUT2D eigenvalue weighted by molar-refractivity contribution is 5.82. The van der Waals surface area contributed by atoms with Crippen LogP contribution >= 0.6 is 0 Å². The van der Waals surface area contributed by atoms with E-state index in [1.54, 1.807) is 0 Å². The van der Waals surface area contributed by atoms with Crippen molar-refractivity contribution >= 4 is 10.8 Å². The molecule has 2 fully saturated rings. The van der Waals surface area contributed by atoms with Crippen LogP contribution < -0.4 is 0 Å². The van der Waals surface area contributed by atoms with E-state index in [0.29, 0.717) is 33.0 Å². The van der Waals surface area contributed by atoms with E-state index in [2.05, 4.69) is 78.9 Å². The van der Waals surface area contributed by atoms with E-state index >= 15 is 0 Å². The van der Waals surface area contributed by atoms with E-state index in [9.17, 15) is 0 Å². The lowest BCUT2D eigenvalue weighted by molar-refractivity contribution is -0.268. The minimum Gasteiger partial charge on any atom is -0.374 e. The highest BCUT2D eigenvalue weighted by Crippen LogP contribution is 2.38. The summed E-state index contributed by atoms with van der Waals surface area (Å²) in [5.74, 6) is 0. The summed E-state index contributed by atoms with van der Waals surface area (Å²) < 4.78 is 39.2. The largest absolute Gasteiger partial charge is 0.374 e. The first kappa shape index (κ1) is 29.8. The summed E-state index contributed by atoms with van der Waals surface area (Å²) in [4.78, 5) is 0. The molecule has 2 aliphatic heterocycles. The van der Waals surface area contributed by atoms with Crippen molar-refractivity contribution in [2.45, 2.75) is 63.2 Å². The van der Waals surface area contributed by atoms with Gasteiger partial charge < -0.3 is 28.4 Å². The van der Waals surface area contributed by atoms with Gasteiger partial charge in [0.1, 0.15) is 30.5 Å². The smallest absolute Gasteiger partial charge is 0.187 e. The quantitative estimate of drug-likeness (QED) is 0.142. The van der Waals surface area contributed by atoms with Crippen LogP contribution in [0.5, 0.6) is 0 Å². The SMILES string of the molecule is c1ccc(CO[C@@H]2[C@H](OCc3ccccc3)[C@H]3O[C@H](O[C@@H]3COCc3ccc4ccccc4c3)[C@H]2OCc2ccccc2)cc1. The summed E-state index contributed by atoms with van der Waals surface area (Å²) in [6.45, 7) is 2.07. The Morgan fingerprint density at radius 2 is 0.978 bits per heavy atom. The fraction of sp³-hybridized carbons (Fsp3) is 0.282. The summed E-state index contributed by atoms with van der Waals surface area (Å²) in [5, 5.41) is 2.41. The van der Waals surface area contributed by atoms with Crippen molar-refractivity contribution in [1.82, 2.24) is 0 Å². The van der Waals surface area contributed by atoms with Crippen molar-refractivity contribution in [3.8, 4) is 0 Å². The van der Waals surface area contributed by atoms with E-state index < -0.39 is 24.6 Å². The molecule has 0 aromatic heterocycles. The van der Waals surface area contributed by atoms with Crippen LogP contribution in [0.2, 0.25) is 0 Å². The molecule has 0 amide bonds. The maximum Gasteiger partial charge on any atom is 0.187 e. The molecule has 0 radical (unpaired) electrons. The molecule has 2 bridgehead atoms. The first-order valence-electron chi connectivity index (χ1n) is 15.6. The van der Waals surface area contributed by atoms with Gasteiger partial charge in [0.25, 0.3) is 0 Å². The van der Waals surface area contributed by atoms with E-state index in [1.165, 1.54) is 10.8 Å². The molecular formula is C39H38O6. The van der Waals surface area contributed by atoms with Gasteiger partial charge in [-0.25, -0.2) is 0 Å². The molecule has 2 saturated heterocycles. The summed E-state index contributed by atoms with van der Waals surface area (Å²) in [6, 6.07) is 45.2. The lowest BCUT2D eigenvalue weighted by Gasteiger charge is -2.40.